The van der Waals surface area contributed by atoms with Crippen molar-refractivity contribution in [3.8, 4) is 5.75 Å². The summed E-state index contributed by atoms with van der Waals surface area (Å²) in [4.78, 5) is 31.9. The quantitative estimate of drug-likeness (QED) is 0.591. The van der Waals surface area contributed by atoms with Crippen LogP contribution < -0.4 is 15.0 Å². The van der Waals surface area contributed by atoms with Crippen LogP contribution in [0.4, 0.5) is 5.69 Å². The number of hydrogen-bond acceptors (Lipinski definition) is 4. The van der Waals surface area contributed by atoms with Crippen molar-refractivity contribution in [1.82, 2.24) is 10.3 Å². The number of nitrogens with zero attached hydrogens (tertiary/aromatic N) is 2. The monoisotopic (exact) mass is 435 g/mol. The molecule has 2 heterocycles. The van der Waals surface area contributed by atoms with Gasteiger partial charge in [0.15, 0.2) is 0 Å². The molecule has 0 saturated heterocycles. The summed E-state index contributed by atoms with van der Waals surface area (Å²) >= 11 is 6.01. The minimum atomic E-state index is -0.486. The maximum Gasteiger partial charge on any atom is 0.260 e. The van der Waals surface area contributed by atoms with Crippen molar-refractivity contribution in [2.24, 2.45) is 0 Å². The van der Waals surface area contributed by atoms with Gasteiger partial charge in [0, 0.05) is 23.5 Å². The van der Waals surface area contributed by atoms with E-state index in [1.165, 1.54) is 0 Å². The van der Waals surface area contributed by atoms with Crippen LogP contribution in [0.25, 0.3) is 0 Å². The number of fused-ring (bicyclic) bond motifs is 1. The molecule has 2 amide bonds. The number of ether oxygens (including phenoxy) is 1. The molecule has 3 aromatic rings. The van der Waals surface area contributed by atoms with E-state index in [1.807, 2.05) is 31.2 Å². The van der Waals surface area contributed by atoms with Gasteiger partial charge in [0.05, 0.1) is 30.3 Å². The van der Waals surface area contributed by atoms with E-state index in [0.717, 1.165) is 11.3 Å². The molecule has 0 bridgehead atoms. The average Bonchev–Trinajstić information content (AvgIpc) is 3.05. The van der Waals surface area contributed by atoms with Gasteiger partial charge in [0.25, 0.3) is 5.91 Å². The lowest BCUT2D eigenvalue weighted by Gasteiger charge is -2.24. The summed E-state index contributed by atoms with van der Waals surface area (Å²) in [6, 6.07) is 17.6. The van der Waals surface area contributed by atoms with E-state index in [9.17, 15) is 9.59 Å². The number of amides is 2. The zero-order valence-corrected chi connectivity index (χ0v) is 17.8. The molecule has 158 valence electrons. The highest BCUT2D eigenvalue weighted by molar-refractivity contribution is 6.30. The Bertz CT molecular complexity index is 1100. The second kappa shape index (κ2) is 9.18. The smallest absolute Gasteiger partial charge is 0.260 e. The number of hydrogen-bond donors (Lipinski definition) is 1. The van der Waals surface area contributed by atoms with Gasteiger partial charge in [-0.1, -0.05) is 23.7 Å². The van der Waals surface area contributed by atoms with Crippen LogP contribution in [0.5, 0.6) is 5.75 Å². The number of benzene rings is 2. The summed E-state index contributed by atoms with van der Waals surface area (Å²) in [6.07, 6.45) is 1.74. The maximum absolute atomic E-state index is 13.1. The van der Waals surface area contributed by atoms with Crippen molar-refractivity contribution in [2.75, 3.05) is 11.5 Å². The lowest BCUT2D eigenvalue weighted by atomic mass is 10.1. The molecular formula is C24H22ClN3O3. The lowest BCUT2D eigenvalue weighted by Crippen LogP contribution is -2.32. The van der Waals surface area contributed by atoms with E-state index in [0.29, 0.717) is 35.1 Å². The molecule has 0 aliphatic carbocycles. The normalized spacial score (nSPS) is 15.0. The Balaban J connectivity index is 1.51. The van der Waals surface area contributed by atoms with E-state index < -0.39 is 6.04 Å². The number of aromatic nitrogens is 1. The molecule has 1 aliphatic rings. The van der Waals surface area contributed by atoms with Crippen LogP contribution in [-0.2, 0) is 11.3 Å². The Morgan fingerprint density at radius 2 is 1.97 bits per heavy atom. The Kier molecular flexibility index (Phi) is 6.18. The van der Waals surface area contributed by atoms with Gasteiger partial charge in [-0.25, -0.2) is 0 Å². The number of anilines is 1. The molecule has 1 unspecified atom stereocenters. The van der Waals surface area contributed by atoms with Crippen LogP contribution in [0, 0.1) is 0 Å². The van der Waals surface area contributed by atoms with Gasteiger partial charge in [-0.15, -0.1) is 0 Å². The maximum atomic E-state index is 13.1. The second-order valence-corrected chi connectivity index (χ2v) is 7.60. The molecule has 2 aromatic carbocycles. The first-order chi connectivity index (χ1) is 15.1. The van der Waals surface area contributed by atoms with Crippen LogP contribution in [0.3, 0.4) is 0 Å². The molecular weight excluding hydrogens is 414 g/mol. The molecule has 7 heteroatoms. The number of rotatable bonds is 7. The van der Waals surface area contributed by atoms with Crippen LogP contribution in [0.1, 0.15) is 41.0 Å². The number of halogens is 1. The summed E-state index contributed by atoms with van der Waals surface area (Å²) in [7, 11) is 0. The molecule has 1 atom stereocenters. The minimum Gasteiger partial charge on any atom is -0.494 e. The first-order valence-electron chi connectivity index (χ1n) is 10.1. The highest BCUT2D eigenvalue weighted by Crippen LogP contribution is 2.38. The van der Waals surface area contributed by atoms with Crippen molar-refractivity contribution < 1.29 is 14.3 Å². The highest BCUT2D eigenvalue weighted by Gasteiger charge is 2.39. The van der Waals surface area contributed by atoms with Gasteiger partial charge in [0.1, 0.15) is 5.75 Å². The summed E-state index contributed by atoms with van der Waals surface area (Å²) in [5, 5.41) is 3.52. The molecule has 0 saturated carbocycles. The standard InChI is InChI=1S/C24H22ClN3O3/c1-2-31-19-6-3-5-16(13-19)15-27-22(29)14-21-23-20(7-4-12-26-23)24(30)28(21)18-10-8-17(25)9-11-18/h3-13,21H,2,14-15H2,1H3,(H,27,29). The molecule has 0 radical (unpaired) electrons. The molecule has 6 nitrogen and oxygen atoms in total. The zero-order valence-electron chi connectivity index (χ0n) is 17.0. The van der Waals surface area contributed by atoms with Crippen molar-refractivity contribution in [2.45, 2.75) is 25.9 Å². The molecule has 31 heavy (non-hydrogen) atoms. The average molecular weight is 436 g/mol. The van der Waals surface area contributed by atoms with E-state index in [1.54, 1.807) is 47.5 Å². The largest absolute Gasteiger partial charge is 0.494 e. The van der Waals surface area contributed by atoms with Crippen molar-refractivity contribution in [3.05, 3.63) is 88.7 Å². The third-order valence-corrected chi connectivity index (χ3v) is 5.35. The Morgan fingerprint density at radius 1 is 1.16 bits per heavy atom. The van der Waals surface area contributed by atoms with Crippen LogP contribution in [0.15, 0.2) is 66.9 Å². The third kappa shape index (κ3) is 4.54. The van der Waals surface area contributed by atoms with E-state index in [-0.39, 0.29) is 18.2 Å². The van der Waals surface area contributed by atoms with E-state index >= 15 is 0 Å². The number of pyridine rings is 1. The Labute approximate surface area is 185 Å². The summed E-state index contributed by atoms with van der Waals surface area (Å²) in [5.41, 5.74) is 2.74. The summed E-state index contributed by atoms with van der Waals surface area (Å²) in [6.45, 7) is 2.88. The molecule has 1 N–H and O–H groups in total. The van der Waals surface area contributed by atoms with Gasteiger partial charge in [-0.2, -0.15) is 0 Å². The van der Waals surface area contributed by atoms with Crippen molar-refractivity contribution >= 4 is 29.1 Å². The Hall–Kier alpha value is -3.38. The van der Waals surface area contributed by atoms with E-state index in [4.69, 9.17) is 16.3 Å². The molecule has 4 rings (SSSR count). The Morgan fingerprint density at radius 3 is 2.74 bits per heavy atom. The predicted octanol–water partition coefficient (Wildman–Crippen LogP) is 4.54. The number of carbonyl (C=O) groups excluding carboxylic acids is 2. The van der Waals surface area contributed by atoms with Gasteiger partial charge in [0.2, 0.25) is 5.91 Å². The second-order valence-electron chi connectivity index (χ2n) is 7.16. The van der Waals surface area contributed by atoms with E-state index in [2.05, 4.69) is 10.3 Å². The molecule has 0 fully saturated rings. The molecule has 0 spiro atoms. The van der Waals surface area contributed by atoms with Crippen LogP contribution in [-0.4, -0.2) is 23.4 Å². The fourth-order valence-corrected chi connectivity index (χ4v) is 3.83. The minimum absolute atomic E-state index is 0.101. The fourth-order valence-electron chi connectivity index (χ4n) is 3.70. The SMILES string of the molecule is CCOc1cccc(CNC(=O)CC2c3ncccc3C(=O)N2c2ccc(Cl)cc2)c1. The van der Waals surface area contributed by atoms with Gasteiger partial charge < -0.3 is 10.1 Å². The fraction of sp³-hybridized carbons (Fsp3) is 0.208. The van der Waals surface area contributed by atoms with Gasteiger partial charge >= 0.3 is 0 Å². The van der Waals surface area contributed by atoms with Gasteiger partial charge in [-0.05, 0) is 61.0 Å². The summed E-state index contributed by atoms with van der Waals surface area (Å²) < 4.78 is 5.51. The van der Waals surface area contributed by atoms with Crippen LogP contribution in [0.2, 0.25) is 5.02 Å². The van der Waals surface area contributed by atoms with Crippen molar-refractivity contribution in [3.63, 3.8) is 0 Å². The number of carbonyl (C=O) groups is 2. The van der Waals surface area contributed by atoms with Gasteiger partial charge in [-0.3, -0.25) is 19.5 Å². The zero-order chi connectivity index (χ0) is 21.8. The van der Waals surface area contributed by atoms with Crippen LogP contribution >= 0.6 is 11.6 Å². The molecule has 1 aliphatic heterocycles. The summed E-state index contributed by atoms with van der Waals surface area (Å²) in [5.74, 6) is 0.424. The highest BCUT2D eigenvalue weighted by atomic mass is 35.5. The number of nitrogens with one attached hydrogen (secondary N) is 1. The molecule has 1 aromatic heterocycles. The first kappa shape index (κ1) is 20.9. The predicted molar refractivity (Wildman–Crippen MR) is 119 cm³/mol. The third-order valence-electron chi connectivity index (χ3n) is 5.10. The van der Waals surface area contributed by atoms with Crippen molar-refractivity contribution in [1.29, 1.82) is 0 Å². The topological polar surface area (TPSA) is 71.5 Å². The first-order valence-corrected chi connectivity index (χ1v) is 10.5. The lowest BCUT2D eigenvalue weighted by molar-refractivity contribution is -0.121.